The fraction of sp³-hybridized carbons (Fsp3) is 0.0769. The van der Waals surface area contributed by atoms with Crippen LogP contribution in [0.4, 0.5) is 13.2 Å². The highest BCUT2D eigenvalue weighted by atomic mass is 35.5. The van der Waals surface area contributed by atoms with Gasteiger partial charge in [-0.25, -0.2) is 4.39 Å². The van der Waals surface area contributed by atoms with Gasteiger partial charge in [0.1, 0.15) is 11.6 Å². The zero-order valence-corrected chi connectivity index (χ0v) is 11.9. The first-order chi connectivity index (χ1) is 9.40. The fourth-order valence-electron chi connectivity index (χ4n) is 1.67. The largest absolute Gasteiger partial charge is 0.434 e. The summed E-state index contributed by atoms with van der Waals surface area (Å²) in [5, 5.41) is 0.369. The first kappa shape index (κ1) is 15.3. The molecule has 7 heteroatoms. The molecule has 0 heterocycles. The topological polar surface area (TPSA) is 9.23 Å². The van der Waals surface area contributed by atoms with Crippen LogP contribution in [-0.2, 0) is 0 Å². The van der Waals surface area contributed by atoms with Crippen LogP contribution in [0.25, 0.3) is 11.1 Å². The predicted octanol–water partition coefficient (Wildman–Crippen LogP) is 6.05. The Morgan fingerprint density at radius 3 is 2.25 bits per heavy atom. The summed E-state index contributed by atoms with van der Waals surface area (Å²) in [6.07, 6.45) is 0. The van der Waals surface area contributed by atoms with E-state index in [1.807, 2.05) is 0 Å². The maximum absolute atomic E-state index is 13.9. The molecule has 0 spiro atoms. The van der Waals surface area contributed by atoms with E-state index in [1.165, 1.54) is 24.3 Å². The highest BCUT2D eigenvalue weighted by molar-refractivity contribution is 6.44. The Morgan fingerprint density at radius 2 is 1.60 bits per heavy atom. The van der Waals surface area contributed by atoms with Gasteiger partial charge in [0.05, 0.1) is 20.6 Å². The van der Waals surface area contributed by atoms with Gasteiger partial charge in [0.25, 0.3) is 0 Å². The van der Waals surface area contributed by atoms with Crippen molar-refractivity contribution in [2.75, 3.05) is 0 Å². The molecule has 0 radical (unpaired) electrons. The quantitative estimate of drug-likeness (QED) is 0.617. The summed E-state index contributed by atoms with van der Waals surface area (Å²) in [5.41, 5.74) is -0.0776. The Hall–Kier alpha value is -1.10. The van der Waals surface area contributed by atoms with Crippen LogP contribution in [0.5, 0.6) is 5.75 Å². The van der Waals surface area contributed by atoms with Gasteiger partial charge in [-0.05, 0) is 24.3 Å². The van der Waals surface area contributed by atoms with Crippen LogP contribution in [0, 0.1) is 5.82 Å². The van der Waals surface area contributed by atoms with Crippen molar-refractivity contribution >= 4 is 34.8 Å². The van der Waals surface area contributed by atoms with Crippen molar-refractivity contribution in [3.8, 4) is 16.9 Å². The molecule has 0 fully saturated rings. The van der Waals surface area contributed by atoms with Crippen LogP contribution in [-0.4, -0.2) is 6.61 Å². The number of rotatable bonds is 3. The standard InChI is InChI=1S/C13H6Cl3F3O/c14-7-5-9(16)8(15)4-6(7)12-10(17)2-1-3-11(12)20-13(18)19/h1-5,13H. The van der Waals surface area contributed by atoms with Gasteiger partial charge < -0.3 is 4.74 Å². The van der Waals surface area contributed by atoms with Gasteiger partial charge in [-0.15, -0.1) is 0 Å². The maximum Gasteiger partial charge on any atom is 0.387 e. The number of benzene rings is 2. The second-order valence-electron chi connectivity index (χ2n) is 3.74. The average Bonchev–Trinajstić information content (AvgIpc) is 2.34. The zero-order valence-electron chi connectivity index (χ0n) is 9.64. The van der Waals surface area contributed by atoms with E-state index in [2.05, 4.69) is 4.74 Å². The van der Waals surface area contributed by atoms with E-state index in [1.54, 1.807) is 0 Å². The second-order valence-corrected chi connectivity index (χ2v) is 4.96. The molecule has 2 aromatic carbocycles. The predicted molar refractivity (Wildman–Crippen MR) is 73.5 cm³/mol. The van der Waals surface area contributed by atoms with E-state index < -0.39 is 12.4 Å². The molecular weight excluding hydrogens is 335 g/mol. The summed E-state index contributed by atoms with van der Waals surface area (Å²) in [6, 6.07) is 6.17. The van der Waals surface area contributed by atoms with Crippen LogP contribution in [0.15, 0.2) is 30.3 Å². The maximum atomic E-state index is 13.9. The minimum atomic E-state index is -3.09. The normalized spacial score (nSPS) is 10.9. The van der Waals surface area contributed by atoms with Crippen LogP contribution < -0.4 is 4.74 Å². The van der Waals surface area contributed by atoms with Crippen molar-refractivity contribution in [2.45, 2.75) is 6.61 Å². The molecule has 0 N–H and O–H groups in total. The van der Waals surface area contributed by atoms with Gasteiger partial charge in [-0.2, -0.15) is 8.78 Å². The lowest BCUT2D eigenvalue weighted by molar-refractivity contribution is -0.0495. The first-order valence-electron chi connectivity index (χ1n) is 5.28. The van der Waals surface area contributed by atoms with Gasteiger partial charge in [0.15, 0.2) is 0 Å². The van der Waals surface area contributed by atoms with Gasteiger partial charge in [0, 0.05) is 5.56 Å². The molecule has 106 valence electrons. The summed E-state index contributed by atoms with van der Waals surface area (Å²) in [7, 11) is 0. The minimum Gasteiger partial charge on any atom is -0.434 e. The number of hydrogen-bond acceptors (Lipinski definition) is 1. The molecule has 0 aliphatic rings. The number of halogens is 6. The lowest BCUT2D eigenvalue weighted by Crippen LogP contribution is -2.04. The molecule has 2 aromatic rings. The van der Waals surface area contributed by atoms with Crippen molar-refractivity contribution < 1.29 is 17.9 Å². The molecule has 0 saturated heterocycles. The fourth-order valence-corrected chi connectivity index (χ4v) is 2.32. The third-order valence-electron chi connectivity index (χ3n) is 2.47. The lowest BCUT2D eigenvalue weighted by atomic mass is 10.0. The summed E-state index contributed by atoms with van der Waals surface area (Å²) >= 11 is 17.6. The Morgan fingerprint density at radius 1 is 0.950 bits per heavy atom. The van der Waals surface area contributed by atoms with E-state index in [0.29, 0.717) is 0 Å². The monoisotopic (exact) mass is 340 g/mol. The van der Waals surface area contributed by atoms with Crippen LogP contribution in [0.2, 0.25) is 15.1 Å². The molecule has 0 aliphatic carbocycles. The second kappa shape index (κ2) is 6.12. The summed E-state index contributed by atoms with van der Waals surface area (Å²) in [6.45, 7) is -3.09. The highest BCUT2D eigenvalue weighted by Gasteiger charge is 2.19. The number of alkyl halides is 2. The Balaban J connectivity index is 2.65. The Bertz CT molecular complexity index is 647. The van der Waals surface area contributed by atoms with Gasteiger partial charge in [0.2, 0.25) is 0 Å². The first-order valence-corrected chi connectivity index (χ1v) is 6.41. The Kier molecular flexibility index (Phi) is 4.68. The molecule has 20 heavy (non-hydrogen) atoms. The van der Waals surface area contributed by atoms with Crippen molar-refractivity contribution in [1.82, 2.24) is 0 Å². The third kappa shape index (κ3) is 3.14. The van der Waals surface area contributed by atoms with E-state index in [4.69, 9.17) is 34.8 Å². The van der Waals surface area contributed by atoms with Crippen LogP contribution >= 0.6 is 34.8 Å². The van der Waals surface area contributed by atoms with E-state index in [0.717, 1.165) is 6.07 Å². The number of ether oxygens (including phenoxy) is 1. The molecule has 0 bridgehead atoms. The summed E-state index contributed by atoms with van der Waals surface area (Å²) in [4.78, 5) is 0. The lowest BCUT2D eigenvalue weighted by Gasteiger charge is -2.13. The van der Waals surface area contributed by atoms with Crippen LogP contribution in [0.1, 0.15) is 0 Å². The average molecular weight is 342 g/mol. The summed E-state index contributed by atoms with van der Waals surface area (Å²) in [5.74, 6) is -1.09. The van der Waals surface area contributed by atoms with E-state index in [-0.39, 0.29) is 31.9 Å². The van der Waals surface area contributed by atoms with Crippen LogP contribution in [0.3, 0.4) is 0 Å². The van der Waals surface area contributed by atoms with Crippen molar-refractivity contribution in [3.05, 3.63) is 51.2 Å². The van der Waals surface area contributed by atoms with Gasteiger partial charge in [-0.1, -0.05) is 40.9 Å². The highest BCUT2D eigenvalue weighted by Crippen LogP contribution is 2.41. The third-order valence-corrected chi connectivity index (χ3v) is 3.51. The molecule has 0 unspecified atom stereocenters. The van der Waals surface area contributed by atoms with E-state index >= 15 is 0 Å². The van der Waals surface area contributed by atoms with E-state index in [9.17, 15) is 13.2 Å². The van der Waals surface area contributed by atoms with Gasteiger partial charge >= 0.3 is 6.61 Å². The Labute approximate surface area is 127 Å². The molecule has 1 nitrogen and oxygen atoms in total. The minimum absolute atomic E-state index is 0.0728. The molecular formula is C13H6Cl3F3O. The molecule has 0 amide bonds. The molecule has 2 rings (SSSR count). The van der Waals surface area contributed by atoms with Gasteiger partial charge in [-0.3, -0.25) is 0 Å². The smallest absolute Gasteiger partial charge is 0.387 e. The zero-order chi connectivity index (χ0) is 14.9. The van der Waals surface area contributed by atoms with Crippen molar-refractivity contribution in [1.29, 1.82) is 0 Å². The molecule has 0 aliphatic heterocycles. The number of hydrogen-bond donors (Lipinski definition) is 0. The molecule has 0 saturated carbocycles. The van der Waals surface area contributed by atoms with Crippen molar-refractivity contribution in [2.24, 2.45) is 0 Å². The summed E-state index contributed by atoms with van der Waals surface area (Å²) < 4.78 is 43.0. The molecule has 0 atom stereocenters. The molecule has 0 aromatic heterocycles. The van der Waals surface area contributed by atoms with Crippen molar-refractivity contribution in [3.63, 3.8) is 0 Å². The SMILES string of the molecule is Fc1cccc(OC(F)F)c1-c1cc(Cl)c(Cl)cc1Cl.